The van der Waals surface area contributed by atoms with Crippen molar-refractivity contribution < 1.29 is 14.6 Å². The molecule has 1 aromatic heterocycles. The van der Waals surface area contributed by atoms with Crippen LogP contribution in [0.2, 0.25) is 0 Å². The Morgan fingerprint density at radius 1 is 1.61 bits per heavy atom. The standard InChI is InChI=1S/C13H22N2O3/c1-13(2,10-4-5-14-7-10)9-15-8-11(16)6-12(17)18-3/h4-5,7,11,14-16H,6,8-9H2,1-3H3. The van der Waals surface area contributed by atoms with Crippen molar-refractivity contribution in [3.63, 3.8) is 0 Å². The second-order valence-corrected chi connectivity index (χ2v) is 5.05. The molecule has 0 aliphatic heterocycles. The third-order valence-electron chi connectivity index (χ3n) is 2.96. The lowest BCUT2D eigenvalue weighted by atomic mass is 9.86. The summed E-state index contributed by atoms with van der Waals surface area (Å²) < 4.78 is 4.50. The maximum absolute atomic E-state index is 11.0. The summed E-state index contributed by atoms with van der Waals surface area (Å²) in [5, 5.41) is 12.8. The molecule has 1 unspecified atom stereocenters. The first-order valence-corrected chi connectivity index (χ1v) is 6.04. The minimum absolute atomic E-state index is 0.0219. The molecule has 5 heteroatoms. The Balaban J connectivity index is 2.31. The van der Waals surface area contributed by atoms with Gasteiger partial charge in [0.25, 0.3) is 0 Å². The van der Waals surface area contributed by atoms with E-state index in [9.17, 15) is 9.90 Å². The number of rotatable bonds is 7. The van der Waals surface area contributed by atoms with Gasteiger partial charge in [-0.05, 0) is 11.6 Å². The van der Waals surface area contributed by atoms with Gasteiger partial charge in [-0.15, -0.1) is 0 Å². The maximum Gasteiger partial charge on any atom is 0.308 e. The van der Waals surface area contributed by atoms with E-state index < -0.39 is 12.1 Å². The summed E-state index contributed by atoms with van der Waals surface area (Å²) in [5.74, 6) is -0.394. The molecule has 0 amide bonds. The molecule has 3 N–H and O–H groups in total. The normalized spacial score (nSPS) is 13.3. The quantitative estimate of drug-likeness (QED) is 0.629. The van der Waals surface area contributed by atoms with Gasteiger partial charge in [-0.1, -0.05) is 13.8 Å². The molecule has 102 valence electrons. The Morgan fingerprint density at radius 2 is 2.33 bits per heavy atom. The molecule has 0 radical (unpaired) electrons. The molecule has 0 saturated carbocycles. The molecule has 0 spiro atoms. The fraction of sp³-hybridized carbons (Fsp3) is 0.615. The van der Waals surface area contributed by atoms with Gasteiger partial charge in [0.2, 0.25) is 0 Å². The maximum atomic E-state index is 11.0. The highest BCUT2D eigenvalue weighted by atomic mass is 16.5. The Morgan fingerprint density at radius 3 is 2.89 bits per heavy atom. The van der Waals surface area contributed by atoms with E-state index >= 15 is 0 Å². The molecule has 0 fully saturated rings. The number of aliphatic hydroxyl groups excluding tert-OH is 1. The monoisotopic (exact) mass is 254 g/mol. The van der Waals surface area contributed by atoms with E-state index in [1.165, 1.54) is 12.7 Å². The molecule has 1 aromatic rings. The summed E-state index contributed by atoms with van der Waals surface area (Å²) in [7, 11) is 1.32. The van der Waals surface area contributed by atoms with Gasteiger partial charge in [0, 0.05) is 30.9 Å². The van der Waals surface area contributed by atoms with Gasteiger partial charge in [0.15, 0.2) is 0 Å². The van der Waals surface area contributed by atoms with Gasteiger partial charge in [-0.2, -0.15) is 0 Å². The molecule has 0 aliphatic rings. The van der Waals surface area contributed by atoms with Crippen molar-refractivity contribution >= 4 is 5.97 Å². The third kappa shape index (κ3) is 4.50. The summed E-state index contributed by atoms with van der Waals surface area (Å²) in [4.78, 5) is 14.0. The Hall–Kier alpha value is -1.33. The lowest BCUT2D eigenvalue weighted by Crippen LogP contribution is -2.37. The molecule has 0 saturated heterocycles. The fourth-order valence-electron chi connectivity index (χ4n) is 1.75. The van der Waals surface area contributed by atoms with Gasteiger partial charge in [-0.25, -0.2) is 0 Å². The van der Waals surface area contributed by atoms with Gasteiger partial charge < -0.3 is 20.1 Å². The number of H-pyrrole nitrogens is 1. The van der Waals surface area contributed by atoms with Crippen LogP contribution in [0.25, 0.3) is 0 Å². The fourth-order valence-corrected chi connectivity index (χ4v) is 1.75. The number of methoxy groups -OCH3 is 1. The second-order valence-electron chi connectivity index (χ2n) is 5.05. The number of carbonyl (C=O) groups excluding carboxylic acids is 1. The van der Waals surface area contributed by atoms with E-state index in [4.69, 9.17) is 0 Å². The molecule has 0 bridgehead atoms. The largest absolute Gasteiger partial charge is 0.469 e. The topological polar surface area (TPSA) is 74.3 Å². The average Bonchev–Trinajstić information content (AvgIpc) is 2.82. The van der Waals surface area contributed by atoms with Crippen LogP contribution in [-0.4, -0.2) is 42.4 Å². The number of hydrogen-bond donors (Lipinski definition) is 3. The highest BCUT2D eigenvalue weighted by molar-refractivity contribution is 5.69. The Labute approximate surface area is 108 Å². The van der Waals surface area contributed by atoms with Crippen LogP contribution in [0, 0.1) is 0 Å². The first kappa shape index (κ1) is 14.7. The molecule has 0 aromatic carbocycles. The predicted molar refractivity (Wildman–Crippen MR) is 69.3 cm³/mol. The van der Waals surface area contributed by atoms with Crippen LogP contribution >= 0.6 is 0 Å². The highest BCUT2D eigenvalue weighted by Gasteiger charge is 2.21. The van der Waals surface area contributed by atoms with Crippen molar-refractivity contribution in [2.45, 2.75) is 31.8 Å². The van der Waals surface area contributed by atoms with E-state index in [1.807, 2.05) is 18.5 Å². The van der Waals surface area contributed by atoms with Crippen LogP contribution in [-0.2, 0) is 14.9 Å². The SMILES string of the molecule is COC(=O)CC(O)CNCC(C)(C)c1cc[nH]c1. The van der Waals surface area contributed by atoms with Gasteiger partial charge >= 0.3 is 5.97 Å². The smallest absolute Gasteiger partial charge is 0.308 e. The van der Waals surface area contributed by atoms with Crippen molar-refractivity contribution in [1.82, 2.24) is 10.3 Å². The summed E-state index contributed by atoms with van der Waals surface area (Å²) in [6.07, 6.45) is 3.17. The number of nitrogens with one attached hydrogen (secondary N) is 2. The minimum Gasteiger partial charge on any atom is -0.469 e. The zero-order chi connectivity index (χ0) is 13.6. The van der Waals surface area contributed by atoms with Crippen LogP contribution in [0.4, 0.5) is 0 Å². The lowest BCUT2D eigenvalue weighted by Gasteiger charge is -2.25. The molecule has 5 nitrogen and oxygen atoms in total. The number of carbonyl (C=O) groups is 1. The Bertz CT molecular complexity index is 360. The van der Waals surface area contributed by atoms with Gasteiger partial charge in [0.1, 0.15) is 0 Å². The average molecular weight is 254 g/mol. The van der Waals surface area contributed by atoms with E-state index in [0.29, 0.717) is 6.54 Å². The Kier molecular flexibility index (Phi) is 5.37. The van der Waals surface area contributed by atoms with E-state index in [1.54, 1.807) is 0 Å². The lowest BCUT2D eigenvalue weighted by molar-refractivity contribution is -0.142. The molecule has 1 heterocycles. The zero-order valence-corrected chi connectivity index (χ0v) is 11.2. The minimum atomic E-state index is -0.709. The third-order valence-corrected chi connectivity index (χ3v) is 2.96. The van der Waals surface area contributed by atoms with Crippen LogP contribution in [0.3, 0.4) is 0 Å². The highest BCUT2D eigenvalue weighted by Crippen LogP contribution is 2.21. The summed E-state index contributed by atoms with van der Waals surface area (Å²) in [5.41, 5.74) is 1.18. The van der Waals surface area contributed by atoms with Crippen LogP contribution in [0.5, 0.6) is 0 Å². The van der Waals surface area contributed by atoms with Crippen LogP contribution in [0.1, 0.15) is 25.8 Å². The first-order valence-electron chi connectivity index (χ1n) is 6.04. The van der Waals surface area contributed by atoms with E-state index in [-0.39, 0.29) is 11.8 Å². The first-order chi connectivity index (χ1) is 8.45. The van der Waals surface area contributed by atoms with E-state index in [2.05, 4.69) is 28.9 Å². The molecule has 18 heavy (non-hydrogen) atoms. The second kappa shape index (κ2) is 6.56. The zero-order valence-electron chi connectivity index (χ0n) is 11.2. The number of aromatic nitrogens is 1. The molecule has 0 aliphatic carbocycles. The van der Waals surface area contributed by atoms with Crippen molar-refractivity contribution in [3.8, 4) is 0 Å². The molecular weight excluding hydrogens is 232 g/mol. The van der Waals surface area contributed by atoms with Gasteiger partial charge in [-0.3, -0.25) is 4.79 Å². The summed E-state index contributed by atoms with van der Waals surface area (Å²) in [6, 6.07) is 2.03. The number of ether oxygens (including phenoxy) is 1. The number of esters is 1. The van der Waals surface area contributed by atoms with Gasteiger partial charge in [0.05, 0.1) is 19.6 Å². The van der Waals surface area contributed by atoms with Crippen molar-refractivity contribution in [1.29, 1.82) is 0 Å². The predicted octanol–water partition coefficient (Wildman–Crippen LogP) is 0.806. The number of aliphatic hydroxyl groups is 1. The van der Waals surface area contributed by atoms with Crippen molar-refractivity contribution in [2.24, 2.45) is 0 Å². The summed E-state index contributed by atoms with van der Waals surface area (Å²) in [6.45, 7) is 5.35. The van der Waals surface area contributed by atoms with Crippen LogP contribution in [0.15, 0.2) is 18.5 Å². The van der Waals surface area contributed by atoms with Crippen LogP contribution < -0.4 is 5.32 Å². The number of aromatic amines is 1. The van der Waals surface area contributed by atoms with E-state index in [0.717, 1.165) is 6.54 Å². The number of hydrogen-bond acceptors (Lipinski definition) is 4. The molecule has 1 atom stereocenters. The van der Waals surface area contributed by atoms with Crippen molar-refractivity contribution in [3.05, 3.63) is 24.0 Å². The molecular formula is C13H22N2O3. The summed E-state index contributed by atoms with van der Waals surface area (Å²) >= 11 is 0. The molecule has 1 rings (SSSR count). The van der Waals surface area contributed by atoms with Crippen molar-refractivity contribution in [2.75, 3.05) is 20.2 Å².